The maximum absolute atomic E-state index is 12.3. The molecular formula is C13H23N3O4. The Balaban J connectivity index is 2.54. The van der Waals surface area contributed by atoms with E-state index >= 15 is 0 Å². The summed E-state index contributed by atoms with van der Waals surface area (Å²) < 4.78 is 0. The fraction of sp³-hybridized carbons (Fsp3) is 0.769. The highest BCUT2D eigenvalue weighted by Crippen LogP contribution is 2.22. The van der Waals surface area contributed by atoms with Gasteiger partial charge in [-0.2, -0.15) is 0 Å². The molecule has 1 fully saturated rings. The maximum Gasteiger partial charge on any atom is 0.312 e. The lowest BCUT2D eigenvalue weighted by Crippen LogP contribution is -2.52. The first-order valence-electron chi connectivity index (χ1n) is 6.87. The molecule has 0 aromatic rings. The molecule has 0 saturated carbocycles. The predicted octanol–water partition coefficient (Wildman–Crippen LogP) is 0.393. The van der Waals surface area contributed by atoms with Crippen LogP contribution in [0.3, 0.4) is 0 Å². The van der Waals surface area contributed by atoms with Gasteiger partial charge < -0.3 is 21.1 Å². The van der Waals surface area contributed by atoms with Gasteiger partial charge in [-0.05, 0) is 24.7 Å². The smallest absolute Gasteiger partial charge is 0.312 e. The van der Waals surface area contributed by atoms with Crippen molar-refractivity contribution in [2.45, 2.75) is 39.2 Å². The molecule has 0 spiro atoms. The van der Waals surface area contributed by atoms with Crippen molar-refractivity contribution >= 4 is 17.9 Å². The molecule has 0 aliphatic carbocycles. The molecule has 1 aliphatic rings. The van der Waals surface area contributed by atoms with Crippen LogP contribution in [0.25, 0.3) is 0 Å². The van der Waals surface area contributed by atoms with Gasteiger partial charge in [0.15, 0.2) is 0 Å². The van der Waals surface area contributed by atoms with Gasteiger partial charge >= 0.3 is 12.0 Å². The highest BCUT2D eigenvalue weighted by molar-refractivity contribution is 5.87. The van der Waals surface area contributed by atoms with Crippen molar-refractivity contribution in [3.05, 3.63) is 0 Å². The lowest BCUT2D eigenvalue weighted by Gasteiger charge is -2.26. The number of nitrogens with two attached hydrogens (primary N) is 1. The summed E-state index contributed by atoms with van der Waals surface area (Å²) in [6, 6.07) is -1.33. The van der Waals surface area contributed by atoms with E-state index in [0.29, 0.717) is 19.5 Å². The standard InChI is InChI=1S/C13H23N3O4/c1-8(2)11(15-13(14)20)12(19)16-6-5-9(7-16)3-4-10(17)18/h8-9,11H,3-7H2,1-2H3,(H,17,18)(H3,14,15,20). The van der Waals surface area contributed by atoms with Crippen LogP contribution in [0.2, 0.25) is 0 Å². The zero-order valence-corrected chi connectivity index (χ0v) is 12.0. The monoisotopic (exact) mass is 285 g/mol. The number of carboxylic acid groups (broad SMARTS) is 1. The first-order chi connectivity index (χ1) is 9.31. The molecule has 1 heterocycles. The van der Waals surface area contributed by atoms with Crippen molar-refractivity contribution < 1.29 is 19.5 Å². The molecule has 1 rings (SSSR count). The molecule has 0 radical (unpaired) electrons. The van der Waals surface area contributed by atoms with E-state index < -0.39 is 18.0 Å². The second-order valence-electron chi connectivity index (χ2n) is 5.60. The Morgan fingerprint density at radius 3 is 2.55 bits per heavy atom. The van der Waals surface area contributed by atoms with E-state index in [-0.39, 0.29) is 24.2 Å². The van der Waals surface area contributed by atoms with Crippen molar-refractivity contribution in [3.8, 4) is 0 Å². The van der Waals surface area contributed by atoms with Gasteiger partial charge in [0.1, 0.15) is 6.04 Å². The zero-order valence-electron chi connectivity index (χ0n) is 12.0. The Hall–Kier alpha value is -1.79. The Morgan fingerprint density at radius 1 is 1.40 bits per heavy atom. The number of carboxylic acids is 1. The summed E-state index contributed by atoms with van der Waals surface area (Å²) >= 11 is 0. The Kier molecular flexibility index (Phi) is 5.79. The van der Waals surface area contributed by atoms with Crippen LogP contribution in [0.4, 0.5) is 4.79 Å². The molecule has 114 valence electrons. The summed E-state index contributed by atoms with van der Waals surface area (Å²) in [7, 11) is 0. The summed E-state index contributed by atoms with van der Waals surface area (Å²) in [4.78, 5) is 35.5. The molecular weight excluding hydrogens is 262 g/mol. The van der Waals surface area contributed by atoms with Gasteiger partial charge in [0.05, 0.1) is 0 Å². The van der Waals surface area contributed by atoms with Gasteiger partial charge in [-0.1, -0.05) is 13.8 Å². The van der Waals surface area contributed by atoms with Gasteiger partial charge in [-0.15, -0.1) is 0 Å². The lowest BCUT2D eigenvalue weighted by atomic mass is 10.0. The number of carbonyl (C=O) groups is 3. The fourth-order valence-electron chi connectivity index (χ4n) is 2.46. The number of nitrogens with zero attached hydrogens (tertiary/aromatic N) is 1. The van der Waals surface area contributed by atoms with Crippen molar-refractivity contribution in [2.24, 2.45) is 17.6 Å². The number of nitrogens with one attached hydrogen (secondary N) is 1. The van der Waals surface area contributed by atoms with Gasteiger partial charge in [0.2, 0.25) is 5.91 Å². The molecule has 1 saturated heterocycles. The van der Waals surface area contributed by atoms with Crippen LogP contribution >= 0.6 is 0 Å². The summed E-state index contributed by atoms with van der Waals surface area (Å²) in [5.74, 6) is -0.786. The third-order valence-corrected chi connectivity index (χ3v) is 3.59. The van der Waals surface area contributed by atoms with E-state index in [0.717, 1.165) is 6.42 Å². The molecule has 20 heavy (non-hydrogen) atoms. The van der Waals surface area contributed by atoms with Crippen LogP contribution in [-0.4, -0.2) is 47.0 Å². The molecule has 0 aromatic carbocycles. The Bertz CT molecular complexity index is 384. The van der Waals surface area contributed by atoms with Crippen LogP contribution in [0.15, 0.2) is 0 Å². The first kappa shape index (κ1) is 16.3. The van der Waals surface area contributed by atoms with E-state index in [4.69, 9.17) is 10.8 Å². The highest BCUT2D eigenvalue weighted by Gasteiger charge is 2.32. The van der Waals surface area contributed by atoms with Crippen molar-refractivity contribution in [2.75, 3.05) is 13.1 Å². The number of likely N-dealkylation sites (tertiary alicyclic amines) is 1. The van der Waals surface area contributed by atoms with Crippen molar-refractivity contribution in [3.63, 3.8) is 0 Å². The third-order valence-electron chi connectivity index (χ3n) is 3.59. The summed E-state index contributed by atoms with van der Waals surface area (Å²) in [5, 5.41) is 11.1. The molecule has 7 heteroatoms. The number of urea groups is 1. The van der Waals surface area contributed by atoms with Gasteiger partial charge in [0.25, 0.3) is 0 Å². The summed E-state index contributed by atoms with van der Waals surface area (Å²) in [6.45, 7) is 4.84. The minimum atomic E-state index is -0.815. The maximum atomic E-state index is 12.3. The summed E-state index contributed by atoms with van der Waals surface area (Å²) in [5.41, 5.74) is 5.09. The molecule has 2 atom stereocenters. The molecule has 0 aromatic heterocycles. The van der Waals surface area contributed by atoms with Gasteiger partial charge in [-0.25, -0.2) is 4.79 Å². The van der Waals surface area contributed by atoms with Crippen molar-refractivity contribution in [1.29, 1.82) is 0 Å². The normalized spacial score (nSPS) is 19.9. The largest absolute Gasteiger partial charge is 0.481 e. The van der Waals surface area contributed by atoms with Crippen LogP contribution in [0, 0.1) is 11.8 Å². The molecule has 7 nitrogen and oxygen atoms in total. The van der Waals surface area contributed by atoms with Gasteiger partial charge in [-0.3, -0.25) is 9.59 Å². The minimum absolute atomic E-state index is 0.0481. The van der Waals surface area contributed by atoms with E-state index in [9.17, 15) is 14.4 Å². The van der Waals surface area contributed by atoms with Gasteiger partial charge in [0, 0.05) is 19.5 Å². The summed E-state index contributed by atoms with van der Waals surface area (Å²) in [6.07, 6.45) is 1.51. The molecule has 1 aliphatic heterocycles. The molecule has 2 unspecified atom stereocenters. The van der Waals surface area contributed by atoms with E-state index in [1.54, 1.807) is 4.90 Å². The van der Waals surface area contributed by atoms with Crippen LogP contribution in [-0.2, 0) is 9.59 Å². The lowest BCUT2D eigenvalue weighted by molar-refractivity contribution is -0.137. The number of carbonyl (C=O) groups excluding carboxylic acids is 2. The van der Waals surface area contributed by atoms with E-state index in [2.05, 4.69) is 5.32 Å². The Labute approximate surface area is 118 Å². The SMILES string of the molecule is CC(C)C(NC(N)=O)C(=O)N1CCC(CCC(=O)O)C1. The highest BCUT2D eigenvalue weighted by atomic mass is 16.4. The van der Waals surface area contributed by atoms with Crippen LogP contribution in [0.1, 0.15) is 33.1 Å². The number of rotatable bonds is 6. The molecule has 0 bridgehead atoms. The predicted molar refractivity (Wildman–Crippen MR) is 72.9 cm³/mol. The number of hydrogen-bond donors (Lipinski definition) is 3. The third kappa shape index (κ3) is 4.71. The first-order valence-corrected chi connectivity index (χ1v) is 6.87. The Morgan fingerprint density at radius 2 is 2.05 bits per heavy atom. The topological polar surface area (TPSA) is 113 Å². The van der Waals surface area contributed by atoms with Crippen molar-refractivity contribution in [1.82, 2.24) is 10.2 Å². The fourth-order valence-corrected chi connectivity index (χ4v) is 2.46. The number of aliphatic carboxylic acids is 1. The van der Waals surface area contributed by atoms with Crippen LogP contribution < -0.4 is 11.1 Å². The molecule has 3 amide bonds. The number of primary amides is 1. The second kappa shape index (κ2) is 7.12. The second-order valence-corrected chi connectivity index (χ2v) is 5.60. The number of hydrogen-bond acceptors (Lipinski definition) is 3. The van der Waals surface area contributed by atoms with E-state index in [1.165, 1.54) is 0 Å². The minimum Gasteiger partial charge on any atom is -0.481 e. The average Bonchev–Trinajstić information content (AvgIpc) is 2.80. The average molecular weight is 285 g/mol. The zero-order chi connectivity index (χ0) is 15.3. The molecule has 4 N–H and O–H groups in total. The van der Waals surface area contributed by atoms with Crippen LogP contribution in [0.5, 0.6) is 0 Å². The van der Waals surface area contributed by atoms with E-state index in [1.807, 2.05) is 13.8 Å². The number of amides is 3. The quantitative estimate of drug-likeness (QED) is 0.655.